The van der Waals surface area contributed by atoms with Gasteiger partial charge in [0, 0.05) is 25.1 Å². The van der Waals surface area contributed by atoms with E-state index in [4.69, 9.17) is 9.15 Å². The average Bonchev–Trinajstić information content (AvgIpc) is 3.19. The lowest BCUT2D eigenvalue weighted by Gasteiger charge is -2.15. The summed E-state index contributed by atoms with van der Waals surface area (Å²) < 4.78 is 41.0. The van der Waals surface area contributed by atoms with Crippen LogP contribution in [0.3, 0.4) is 0 Å². The van der Waals surface area contributed by atoms with Gasteiger partial charge in [0.2, 0.25) is 0 Å². The Morgan fingerprint density at radius 1 is 1.28 bits per heavy atom. The van der Waals surface area contributed by atoms with Crippen molar-refractivity contribution in [3.05, 3.63) is 60.6 Å². The fraction of sp³-hybridized carbons (Fsp3) is 0.350. The molecule has 0 aliphatic rings. The molecule has 160 valence electrons. The minimum atomic E-state index is -2.95. The second-order valence-corrected chi connectivity index (χ2v) is 5.65. The maximum atomic E-state index is 12.8. The summed E-state index contributed by atoms with van der Waals surface area (Å²) in [6.45, 7) is 4.07. The number of halogens is 3. The van der Waals surface area contributed by atoms with Gasteiger partial charge in [-0.1, -0.05) is 18.2 Å². The Morgan fingerprint density at radius 2 is 2.10 bits per heavy atom. The first-order chi connectivity index (χ1) is 13.6. The molecule has 0 aliphatic carbocycles. The summed E-state index contributed by atoms with van der Waals surface area (Å²) in [7, 11) is 0. The molecule has 0 fully saturated rings. The first-order valence-corrected chi connectivity index (χ1v) is 8.99. The highest BCUT2D eigenvalue weighted by atomic mass is 127. The largest absolute Gasteiger partial charge is 0.490 e. The Labute approximate surface area is 186 Å². The van der Waals surface area contributed by atoms with E-state index in [2.05, 4.69) is 26.9 Å². The number of hydrogen-bond donors (Lipinski definition) is 2. The van der Waals surface area contributed by atoms with Gasteiger partial charge in [-0.05, 0) is 25.1 Å². The molecule has 0 unspecified atom stereocenters. The van der Waals surface area contributed by atoms with E-state index in [1.54, 1.807) is 37.5 Å². The van der Waals surface area contributed by atoms with Crippen LogP contribution >= 0.6 is 24.0 Å². The van der Waals surface area contributed by atoms with Crippen LogP contribution in [-0.4, -0.2) is 32.3 Å². The van der Waals surface area contributed by atoms with Gasteiger partial charge in [0.05, 0.1) is 19.4 Å². The molecule has 2 rings (SSSR count). The quantitative estimate of drug-likeness (QED) is 0.199. The molecule has 2 aromatic rings. The van der Waals surface area contributed by atoms with E-state index in [0.29, 0.717) is 37.6 Å². The van der Waals surface area contributed by atoms with Gasteiger partial charge >= 0.3 is 6.61 Å². The maximum Gasteiger partial charge on any atom is 0.387 e. The molecule has 0 spiro atoms. The van der Waals surface area contributed by atoms with Gasteiger partial charge in [0.1, 0.15) is 5.76 Å². The molecule has 1 aromatic heterocycles. The molecule has 0 saturated carbocycles. The van der Waals surface area contributed by atoms with Crippen molar-refractivity contribution in [2.24, 2.45) is 4.99 Å². The number of para-hydroxylation sites is 1. The number of nitrogens with zero attached hydrogens (tertiary/aromatic N) is 1. The van der Waals surface area contributed by atoms with Gasteiger partial charge in [0.25, 0.3) is 0 Å². The van der Waals surface area contributed by atoms with Crippen LogP contribution < -0.4 is 20.1 Å². The summed E-state index contributed by atoms with van der Waals surface area (Å²) in [5.41, 5.74) is 0.497. The SMILES string of the molecule is C=CCNC(=NCc1cccc(OCC)c1OC(F)F)NCCc1ccco1.I. The molecule has 0 bridgehead atoms. The molecule has 0 atom stereocenters. The van der Waals surface area contributed by atoms with E-state index >= 15 is 0 Å². The molecule has 29 heavy (non-hydrogen) atoms. The lowest BCUT2D eigenvalue weighted by molar-refractivity contribution is -0.0520. The van der Waals surface area contributed by atoms with Crippen LogP contribution in [0, 0.1) is 0 Å². The van der Waals surface area contributed by atoms with Crippen LogP contribution in [0.2, 0.25) is 0 Å². The van der Waals surface area contributed by atoms with E-state index in [-0.39, 0.29) is 42.0 Å². The van der Waals surface area contributed by atoms with Gasteiger partial charge < -0.3 is 24.5 Å². The second kappa shape index (κ2) is 13.8. The number of benzene rings is 1. The number of ether oxygens (including phenoxy) is 2. The van der Waals surface area contributed by atoms with Crippen LogP contribution in [0.4, 0.5) is 8.78 Å². The molecule has 0 radical (unpaired) electrons. The molecule has 0 amide bonds. The zero-order chi connectivity index (χ0) is 20.2. The minimum absolute atomic E-state index is 0. The van der Waals surface area contributed by atoms with Crippen molar-refractivity contribution in [3.63, 3.8) is 0 Å². The van der Waals surface area contributed by atoms with Gasteiger partial charge in [-0.15, -0.1) is 30.6 Å². The van der Waals surface area contributed by atoms with Crippen molar-refractivity contribution in [2.45, 2.75) is 26.5 Å². The van der Waals surface area contributed by atoms with E-state index < -0.39 is 6.61 Å². The van der Waals surface area contributed by atoms with Gasteiger partial charge in [0.15, 0.2) is 17.5 Å². The Morgan fingerprint density at radius 3 is 2.76 bits per heavy atom. The Kier molecular flexibility index (Phi) is 11.8. The highest BCUT2D eigenvalue weighted by Gasteiger charge is 2.15. The van der Waals surface area contributed by atoms with Gasteiger partial charge in [-0.25, -0.2) is 4.99 Å². The van der Waals surface area contributed by atoms with Crippen molar-refractivity contribution in [2.75, 3.05) is 19.7 Å². The molecular weight excluding hydrogens is 495 g/mol. The highest BCUT2D eigenvalue weighted by Crippen LogP contribution is 2.33. The minimum Gasteiger partial charge on any atom is -0.490 e. The molecule has 0 aliphatic heterocycles. The summed E-state index contributed by atoms with van der Waals surface area (Å²) in [6.07, 6.45) is 4.00. The normalized spacial score (nSPS) is 11.0. The standard InChI is InChI=1S/C20H25F2N3O3.HI/c1-3-11-23-20(24-12-10-16-8-6-13-27-16)25-14-15-7-5-9-17(26-4-2)18(15)28-19(21)22;/h3,5-9,13,19H,1,4,10-12,14H2,2H3,(H2,23,24,25);1H. The van der Waals surface area contributed by atoms with Crippen LogP contribution in [0.5, 0.6) is 11.5 Å². The second-order valence-electron chi connectivity index (χ2n) is 5.65. The number of rotatable bonds is 11. The molecule has 0 saturated heterocycles. The fourth-order valence-electron chi connectivity index (χ4n) is 2.44. The van der Waals surface area contributed by atoms with Crippen molar-refractivity contribution in [1.82, 2.24) is 10.6 Å². The first-order valence-electron chi connectivity index (χ1n) is 8.99. The van der Waals surface area contributed by atoms with E-state index in [1.165, 1.54) is 0 Å². The number of aliphatic imine (C=N–C) groups is 1. The van der Waals surface area contributed by atoms with Crippen LogP contribution in [-0.2, 0) is 13.0 Å². The number of alkyl halides is 2. The lowest BCUT2D eigenvalue weighted by Crippen LogP contribution is -2.38. The first kappa shape index (κ1) is 24.7. The van der Waals surface area contributed by atoms with Crippen molar-refractivity contribution in [1.29, 1.82) is 0 Å². The van der Waals surface area contributed by atoms with Crippen LogP contribution in [0.15, 0.2) is 58.7 Å². The lowest BCUT2D eigenvalue weighted by atomic mass is 10.2. The average molecular weight is 521 g/mol. The summed E-state index contributed by atoms with van der Waals surface area (Å²) in [5.74, 6) is 1.65. The topological polar surface area (TPSA) is 68.0 Å². The van der Waals surface area contributed by atoms with Gasteiger partial charge in [-0.2, -0.15) is 8.78 Å². The predicted octanol–water partition coefficient (Wildman–Crippen LogP) is 4.36. The third kappa shape index (κ3) is 8.71. The van der Waals surface area contributed by atoms with E-state index in [0.717, 1.165) is 5.76 Å². The molecule has 2 N–H and O–H groups in total. The third-order valence-corrected chi connectivity index (χ3v) is 3.63. The van der Waals surface area contributed by atoms with E-state index in [9.17, 15) is 8.78 Å². The van der Waals surface area contributed by atoms with E-state index in [1.807, 2.05) is 12.1 Å². The molecule has 6 nitrogen and oxygen atoms in total. The van der Waals surface area contributed by atoms with Crippen molar-refractivity contribution >= 4 is 29.9 Å². The van der Waals surface area contributed by atoms with Crippen molar-refractivity contribution < 1.29 is 22.7 Å². The smallest absolute Gasteiger partial charge is 0.387 e. The zero-order valence-electron chi connectivity index (χ0n) is 16.2. The van der Waals surface area contributed by atoms with Gasteiger partial charge in [-0.3, -0.25) is 0 Å². The summed E-state index contributed by atoms with van der Waals surface area (Å²) >= 11 is 0. The number of nitrogens with one attached hydrogen (secondary N) is 2. The molecule has 1 heterocycles. The molecular formula is C20H26F2IN3O3. The summed E-state index contributed by atoms with van der Waals surface area (Å²) in [5, 5.41) is 6.26. The summed E-state index contributed by atoms with van der Waals surface area (Å²) in [6, 6.07) is 8.71. The number of hydrogen-bond acceptors (Lipinski definition) is 4. The van der Waals surface area contributed by atoms with Crippen molar-refractivity contribution in [3.8, 4) is 11.5 Å². The summed E-state index contributed by atoms with van der Waals surface area (Å²) in [4.78, 5) is 4.46. The maximum absolute atomic E-state index is 12.8. The Bertz CT molecular complexity index is 755. The van der Waals surface area contributed by atoms with Crippen LogP contribution in [0.25, 0.3) is 0 Å². The van der Waals surface area contributed by atoms with Crippen LogP contribution in [0.1, 0.15) is 18.2 Å². The monoisotopic (exact) mass is 521 g/mol. The highest BCUT2D eigenvalue weighted by molar-refractivity contribution is 14.0. The molecule has 9 heteroatoms. The predicted molar refractivity (Wildman–Crippen MR) is 119 cm³/mol. The fourth-order valence-corrected chi connectivity index (χ4v) is 2.44. The Hall–Kier alpha value is -2.30. The molecule has 1 aromatic carbocycles. The third-order valence-electron chi connectivity index (χ3n) is 3.63. The Balaban J connectivity index is 0.00000420. The number of furan rings is 1. The number of guanidine groups is 1. The zero-order valence-corrected chi connectivity index (χ0v) is 18.5.